The van der Waals surface area contributed by atoms with Gasteiger partial charge < -0.3 is 14.2 Å². The zero-order valence-electron chi connectivity index (χ0n) is 9.00. The van der Waals surface area contributed by atoms with Crippen molar-refractivity contribution in [1.29, 1.82) is 0 Å². The molecule has 0 bridgehead atoms. The Morgan fingerprint density at radius 1 is 1.31 bits per heavy atom. The fourth-order valence-corrected chi connectivity index (χ4v) is 1.71. The second-order valence-corrected chi connectivity index (χ2v) is 4.21. The summed E-state index contributed by atoms with van der Waals surface area (Å²) in [6, 6.07) is 3.68. The minimum absolute atomic E-state index is 0.671. The molecule has 0 aromatic carbocycles. The zero-order chi connectivity index (χ0) is 11.4. The highest BCUT2D eigenvalue weighted by Crippen LogP contribution is 2.25. The number of nitrogens with zero attached hydrogens (tertiary/aromatic N) is 1. The monoisotopic (exact) mass is 284 g/mol. The average molecular weight is 285 g/mol. The summed E-state index contributed by atoms with van der Waals surface area (Å²) in [6.07, 6.45) is 3.54. The van der Waals surface area contributed by atoms with Crippen molar-refractivity contribution in [1.82, 2.24) is 10.3 Å². The van der Waals surface area contributed by atoms with E-state index in [0.29, 0.717) is 16.2 Å². The second kappa shape index (κ2) is 5.32. The molecule has 2 rings (SSSR count). The van der Waals surface area contributed by atoms with Crippen LogP contribution >= 0.6 is 15.9 Å². The van der Waals surface area contributed by atoms with E-state index in [-0.39, 0.29) is 0 Å². The number of hydrogen-bond donors (Lipinski definition) is 1. The van der Waals surface area contributed by atoms with Gasteiger partial charge in [0.25, 0.3) is 0 Å². The number of aryl methyl sites for hydroxylation is 1. The normalized spacial score (nSPS) is 10.9. The largest absolute Gasteiger partial charge is 0.446 e. The lowest BCUT2D eigenvalue weighted by atomic mass is 10.3. The van der Waals surface area contributed by atoms with E-state index in [9.17, 15) is 0 Å². The smallest absolute Gasteiger partial charge is 0.195 e. The van der Waals surface area contributed by atoms with Gasteiger partial charge in [0.05, 0.1) is 6.20 Å². The van der Waals surface area contributed by atoms with Crippen LogP contribution in [0.15, 0.2) is 31.8 Å². The van der Waals surface area contributed by atoms with Gasteiger partial charge in [0.1, 0.15) is 0 Å². The van der Waals surface area contributed by atoms with E-state index in [4.69, 9.17) is 8.83 Å². The highest BCUT2D eigenvalue weighted by molar-refractivity contribution is 9.10. The Morgan fingerprint density at radius 3 is 2.88 bits per heavy atom. The molecule has 0 fully saturated rings. The highest BCUT2D eigenvalue weighted by Gasteiger charge is 2.09. The first-order valence-electron chi connectivity index (χ1n) is 5.14. The van der Waals surface area contributed by atoms with Crippen molar-refractivity contribution >= 4 is 15.9 Å². The Morgan fingerprint density at radius 2 is 2.19 bits per heavy atom. The molecule has 0 aliphatic rings. The molecular formula is C11H13BrN2O2. The molecule has 0 spiro atoms. The van der Waals surface area contributed by atoms with Gasteiger partial charge in [-0.1, -0.05) is 0 Å². The Bertz CT molecular complexity index is 450. The average Bonchev–Trinajstić information content (AvgIpc) is 2.87. The summed E-state index contributed by atoms with van der Waals surface area (Å²) in [5.41, 5.74) is 0. The van der Waals surface area contributed by atoms with Crippen molar-refractivity contribution in [3.05, 3.63) is 28.9 Å². The van der Waals surface area contributed by atoms with Crippen LogP contribution in [0.4, 0.5) is 0 Å². The Labute approximate surface area is 102 Å². The molecule has 86 valence electrons. The first-order chi connectivity index (χ1) is 7.79. The van der Waals surface area contributed by atoms with Gasteiger partial charge >= 0.3 is 0 Å². The maximum Gasteiger partial charge on any atom is 0.195 e. The summed E-state index contributed by atoms with van der Waals surface area (Å²) < 4.78 is 11.6. The molecule has 1 N–H and O–H groups in total. The van der Waals surface area contributed by atoms with Crippen molar-refractivity contribution < 1.29 is 8.83 Å². The number of aromatic nitrogens is 1. The molecule has 0 saturated carbocycles. The molecule has 2 aromatic rings. The van der Waals surface area contributed by atoms with E-state index < -0.39 is 0 Å². The summed E-state index contributed by atoms with van der Waals surface area (Å²) in [4.78, 5) is 4.20. The molecule has 0 atom stereocenters. The van der Waals surface area contributed by atoms with Crippen LogP contribution in [0.2, 0.25) is 0 Å². The first kappa shape index (κ1) is 11.4. The number of oxazole rings is 1. The minimum atomic E-state index is 0.671. The molecule has 4 nitrogen and oxygen atoms in total. The molecule has 0 saturated heterocycles. The third-order valence-electron chi connectivity index (χ3n) is 2.19. The molecular weight excluding hydrogens is 272 g/mol. The highest BCUT2D eigenvalue weighted by atomic mass is 79.9. The maximum absolute atomic E-state index is 5.58. The number of hydrogen-bond acceptors (Lipinski definition) is 4. The van der Waals surface area contributed by atoms with E-state index in [2.05, 4.69) is 26.2 Å². The van der Waals surface area contributed by atoms with E-state index >= 15 is 0 Å². The Kier molecular flexibility index (Phi) is 3.79. The van der Waals surface area contributed by atoms with Crippen molar-refractivity contribution in [3.63, 3.8) is 0 Å². The topological polar surface area (TPSA) is 51.2 Å². The summed E-state index contributed by atoms with van der Waals surface area (Å²) in [5, 5.41) is 3.09. The van der Waals surface area contributed by atoms with Crippen molar-refractivity contribution in [2.45, 2.75) is 12.8 Å². The summed E-state index contributed by atoms with van der Waals surface area (Å²) in [6.45, 7) is 0.962. The summed E-state index contributed by atoms with van der Waals surface area (Å²) >= 11 is 3.25. The Balaban J connectivity index is 2.02. The van der Waals surface area contributed by atoms with Crippen molar-refractivity contribution in [3.8, 4) is 11.5 Å². The fraction of sp³-hybridized carbons (Fsp3) is 0.364. The lowest BCUT2D eigenvalue weighted by molar-refractivity contribution is 0.470. The van der Waals surface area contributed by atoms with Crippen LogP contribution in [0.5, 0.6) is 0 Å². The van der Waals surface area contributed by atoms with Gasteiger partial charge in [-0.2, -0.15) is 0 Å². The summed E-state index contributed by atoms with van der Waals surface area (Å²) in [7, 11) is 1.93. The van der Waals surface area contributed by atoms with Gasteiger partial charge in [0.15, 0.2) is 22.1 Å². The standard InChI is InChI=1S/C11H13BrN2O2/c1-13-6-2-3-11-14-7-9(16-11)8-4-5-10(12)15-8/h4-5,7,13H,2-3,6H2,1H3. The third kappa shape index (κ3) is 2.74. The number of furan rings is 1. The van der Waals surface area contributed by atoms with Gasteiger partial charge in [-0.15, -0.1) is 0 Å². The zero-order valence-corrected chi connectivity index (χ0v) is 10.6. The van der Waals surface area contributed by atoms with Crippen LogP contribution in [0.25, 0.3) is 11.5 Å². The fourth-order valence-electron chi connectivity index (χ4n) is 1.40. The molecule has 0 radical (unpaired) electrons. The maximum atomic E-state index is 5.58. The predicted molar refractivity (Wildman–Crippen MR) is 64.2 cm³/mol. The van der Waals surface area contributed by atoms with E-state index in [1.165, 1.54) is 0 Å². The quantitative estimate of drug-likeness (QED) is 0.858. The number of halogens is 1. The molecule has 0 unspecified atom stereocenters. The van der Waals surface area contributed by atoms with Crippen LogP contribution in [-0.2, 0) is 6.42 Å². The third-order valence-corrected chi connectivity index (χ3v) is 2.61. The van der Waals surface area contributed by atoms with Crippen LogP contribution in [0, 0.1) is 0 Å². The molecule has 0 amide bonds. The van der Waals surface area contributed by atoms with E-state index in [1.807, 2.05) is 19.2 Å². The van der Waals surface area contributed by atoms with Gasteiger partial charge in [0.2, 0.25) is 0 Å². The van der Waals surface area contributed by atoms with Crippen LogP contribution < -0.4 is 5.32 Å². The minimum Gasteiger partial charge on any atom is -0.446 e. The summed E-state index contributed by atoms with van der Waals surface area (Å²) in [5.74, 6) is 2.11. The SMILES string of the molecule is CNCCCc1ncc(-c2ccc(Br)o2)o1. The van der Waals surface area contributed by atoms with Crippen LogP contribution in [0.3, 0.4) is 0 Å². The van der Waals surface area contributed by atoms with Crippen molar-refractivity contribution in [2.24, 2.45) is 0 Å². The lowest BCUT2D eigenvalue weighted by Crippen LogP contribution is -2.08. The van der Waals surface area contributed by atoms with Gasteiger partial charge in [-0.25, -0.2) is 4.98 Å². The predicted octanol–water partition coefficient (Wildman–Crippen LogP) is 2.85. The number of nitrogens with one attached hydrogen (secondary N) is 1. The second-order valence-electron chi connectivity index (χ2n) is 3.43. The van der Waals surface area contributed by atoms with Gasteiger partial charge in [-0.05, 0) is 48.1 Å². The van der Waals surface area contributed by atoms with Gasteiger partial charge in [0, 0.05) is 6.42 Å². The molecule has 2 aromatic heterocycles. The molecule has 0 aliphatic heterocycles. The van der Waals surface area contributed by atoms with E-state index in [1.54, 1.807) is 6.20 Å². The Hall–Kier alpha value is -1.07. The van der Waals surface area contributed by atoms with Gasteiger partial charge in [-0.3, -0.25) is 0 Å². The molecule has 0 aliphatic carbocycles. The number of rotatable bonds is 5. The van der Waals surface area contributed by atoms with E-state index in [0.717, 1.165) is 25.3 Å². The molecule has 2 heterocycles. The van der Waals surface area contributed by atoms with Crippen LogP contribution in [-0.4, -0.2) is 18.6 Å². The molecule has 5 heteroatoms. The first-order valence-corrected chi connectivity index (χ1v) is 5.94. The molecule has 16 heavy (non-hydrogen) atoms. The lowest BCUT2D eigenvalue weighted by Gasteiger charge is -1.95. The van der Waals surface area contributed by atoms with Crippen LogP contribution in [0.1, 0.15) is 12.3 Å². The van der Waals surface area contributed by atoms with Crippen molar-refractivity contribution in [2.75, 3.05) is 13.6 Å².